The Balaban J connectivity index is 1.81. The number of halogens is 2. The van der Waals surface area contributed by atoms with E-state index in [2.05, 4.69) is 10.1 Å². The number of carbonyl (C=O) groups excluding carboxylic acids is 1. The first-order valence-corrected chi connectivity index (χ1v) is 13.2. The maximum Gasteiger partial charge on any atom is 0.459 e. The molecule has 1 aromatic heterocycles. The molecule has 0 saturated carbocycles. The van der Waals surface area contributed by atoms with E-state index in [4.69, 9.17) is 35.9 Å². The number of nitrogens with one attached hydrogen (secondary N) is 1. The largest absolute Gasteiger partial charge is 0.462 e. The van der Waals surface area contributed by atoms with E-state index >= 15 is 4.39 Å². The van der Waals surface area contributed by atoms with Gasteiger partial charge in [-0.05, 0) is 39.8 Å². The van der Waals surface area contributed by atoms with Crippen LogP contribution >= 0.6 is 19.3 Å². The van der Waals surface area contributed by atoms with Crippen molar-refractivity contribution in [1.29, 1.82) is 0 Å². The fourth-order valence-electron chi connectivity index (χ4n) is 3.48. The maximum absolute atomic E-state index is 15.6. The summed E-state index contributed by atoms with van der Waals surface area (Å²) in [7, 11) is -4.31. The Hall–Kier alpha value is -2.54. The molecule has 6 atom stereocenters. The third-order valence-electron chi connectivity index (χ3n) is 5.34. The summed E-state index contributed by atoms with van der Waals surface area (Å²) in [5.41, 5.74) is 2.05. The number of anilines is 1. The van der Waals surface area contributed by atoms with Crippen LogP contribution in [0.1, 0.15) is 33.9 Å². The van der Waals surface area contributed by atoms with Crippen LogP contribution in [0.5, 0.6) is 5.75 Å². The number of nitrogens with two attached hydrogens (primary N) is 1. The summed E-state index contributed by atoms with van der Waals surface area (Å²) in [5, 5.41) is 13.0. The van der Waals surface area contributed by atoms with Crippen molar-refractivity contribution in [3.63, 3.8) is 0 Å². The molecule has 1 fully saturated rings. The number of aliphatic hydroxyl groups excluding tert-OH is 1. The Labute approximate surface area is 217 Å². The Morgan fingerprint density at radius 3 is 2.65 bits per heavy atom. The zero-order valence-electron chi connectivity index (χ0n) is 20.5. The number of ether oxygens (including phenoxy) is 2. The van der Waals surface area contributed by atoms with Crippen LogP contribution in [-0.4, -0.2) is 57.3 Å². The third-order valence-corrected chi connectivity index (χ3v) is 7.27. The molecule has 0 amide bonds. The minimum absolute atomic E-state index is 0.125. The smallest absolute Gasteiger partial charge is 0.459 e. The summed E-state index contributed by atoms with van der Waals surface area (Å²) in [4.78, 5) is 28.1. The van der Waals surface area contributed by atoms with Crippen LogP contribution < -0.4 is 21.0 Å². The zero-order chi connectivity index (χ0) is 27.5. The summed E-state index contributed by atoms with van der Waals surface area (Å²) in [6, 6.07) is 6.86. The van der Waals surface area contributed by atoms with Crippen molar-refractivity contribution in [3.8, 4) is 5.75 Å². The van der Waals surface area contributed by atoms with E-state index in [0.717, 1.165) is 17.7 Å². The van der Waals surface area contributed by atoms with Crippen molar-refractivity contribution < 1.29 is 37.4 Å². The number of benzene rings is 1. The van der Waals surface area contributed by atoms with Crippen molar-refractivity contribution in [2.75, 3.05) is 12.3 Å². The normalized spacial score (nSPS) is 26.0. The molecule has 0 unspecified atom stereocenters. The average Bonchev–Trinajstić information content (AvgIpc) is 3.03. The molecule has 1 aromatic carbocycles. The SMILES string of the molecule is CC(C)OC(=O)[C@@H](C)N[P@@](=O)(OC[C@H]1O[C@@H](n2cc(Cl)c(N)nc2=O)[C@](C)(F)[C@@H]1O)Oc1ccccc1. The zero-order valence-corrected chi connectivity index (χ0v) is 22.2. The summed E-state index contributed by atoms with van der Waals surface area (Å²) in [5.74, 6) is -0.814. The third kappa shape index (κ3) is 6.86. The molecule has 0 spiro atoms. The van der Waals surface area contributed by atoms with Crippen LogP contribution in [0, 0.1) is 0 Å². The summed E-state index contributed by atoms with van der Waals surface area (Å²) >= 11 is 5.92. The minimum Gasteiger partial charge on any atom is -0.462 e. The fourth-order valence-corrected chi connectivity index (χ4v) is 5.13. The number of nitrogens with zero attached hydrogens (tertiary/aromatic N) is 2. The number of hydrogen-bond acceptors (Lipinski definition) is 10. The van der Waals surface area contributed by atoms with Gasteiger partial charge in [-0.1, -0.05) is 29.8 Å². The lowest BCUT2D eigenvalue weighted by Gasteiger charge is -2.25. The number of nitrogen functional groups attached to an aromatic ring is 1. The highest BCUT2D eigenvalue weighted by Crippen LogP contribution is 2.47. The molecule has 2 heterocycles. The van der Waals surface area contributed by atoms with Crippen molar-refractivity contribution in [2.24, 2.45) is 0 Å². The van der Waals surface area contributed by atoms with Gasteiger partial charge in [0.05, 0.1) is 17.7 Å². The summed E-state index contributed by atoms with van der Waals surface area (Å²) in [6.45, 7) is 5.07. The van der Waals surface area contributed by atoms with Gasteiger partial charge in [-0.3, -0.25) is 13.9 Å². The van der Waals surface area contributed by atoms with Gasteiger partial charge in [0.1, 0.15) is 29.8 Å². The van der Waals surface area contributed by atoms with Gasteiger partial charge in [0.25, 0.3) is 0 Å². The number of para-hydroxylation sites is 1. The van der Waals surface area contributed by atoms with Crippen molar-refractivity contribution >= 4 is 31.1 Å². The van der Waals surface area contributed by atoms with Gasteiger partial charge in [0.2, 0.25) is 0 Å². The Morgan fingerprint density at radius 1 is 1.38 bits per heavy atom. The lowest BCUT2D eigenvalue weighted by Crippen LogP contribution is -2.43. The van der Waals surface area contributed by atoms with Crippen molar-refractivity contribution in [3.05, 3.63) is 52.0 Å². The van der Waals surface area contributed by atoms with Gasteiger partial charge in [-0.15, -0.1) is 0 Å². The average molecular weight is 563 g/mol. The summed E-state index contributed by atoms with van der Waals surface area (Å²) in [6.07, 6.45) is -4.27. The Bertz CT molecular complexity index is 1210. The van der Waals surface area contributed by atoms with Crippen LogP contribution in [0.3, 0.4) is 0 Å². The van der Waals surface area contributed by atoms with Gasteiger partial charge in [-0.2, -0.15) is 10.1 Å². The van der Waals surface area contributed by atoms with E-state index in [1.807, 2.05) is 0 Å². The van der Waals surface area contributed by atoms with Crippen molar-refractivity contribution in [1.82, 2.24) is 14.6 Å². The lowest BCUT2D eigenvalue weighted by atomic mass is 9.98. The maximum atomic E-state index is 15.6. The molecule has 37 heavy (non-hydrogen) atoms. The monoisotopic (exact) mass is 562 g/mol. The topological polar surface area (TPSA) is 164 Å². The van der Waals surface area contributed by atoms with Gasteiger partial charge >= 0.3 is 19.4 Å². The molecule has 3 rings (SSSR count). The second-order valence-electron chi connectivity index (χ2n) is 8.82. The minimum atomic E-state index is -4.31. The van der Waals surface area contributed by atoms with Crippen LogP contribution in [0.25, 0.3) is 0 Å². The fraction of sp³-hybridized carbons (Fsp3) is 0.500. The van der Waals surface area contributed by atoms with E-state index < -0.39 is 62.3 Å². The molecule has 2 aromatic rings. The van der Waals surface area contributed by atoms with E-state index in [-0.39, 0.29) is 16.6 Å². The molecule has 0 aliphatic carbocycles. The number of aliphatic hydroxyl groups is 1. The van der Waals surface area contributed by atoms with Gasteiger partial charge in [-0.25, -0.2) is 13.8 Å². The highest BCUT2D eigenvalue weighted by Gasteiger charge is 2.56. The molecule has 1 saturated heterocycles. The standard InChI is InChI=1S/C22H29ClFN4O8P/c1-12(2)34-19(30)13(3)27-37(32,36-14-8-6-5-7-9-14)33-11-16-17(29)22(4,24)20(35-16)28-10-15(23)18(25)26-21(28)31/h5-10,12-13,16-17,20,29H,11H2,1-4H3,(H,27,32)(H2,25,26,31)/t13-,16-,17-,20-,22-,37-/m1/s1. The number of esters is 1. The molecule has 0 bridgehead atoms. The lowest BCUT2D eigenvalue weighted by molar-refractivity contribution is -0.149. The number of alkyl halides is 1. The van der Waals surface area contributed by atoms with E-state index in [1.54, 1.807) is 32.0 Å². The Kier molecular flexibility index (Phi) is 8.99. The van der Waals surface area contributed by atoms with Crippen molar-refractivity contribution in [2.45, 2.75) is 63.9 Å². The van der Waals surface area contributed by atoms with Crippen LogP contribution in [-0.2, 0) is 23.4 Å². The first-order valence-electron chi connectivity index (χ1n) is 11.3. The second kappa shape index (κ2) is 11.5. The predicted molar refractivity (Wildman–Crippen MR) is 132 cm³/mol. The second-order valence-corrected chi connectivity index (χ2v) is 10.9. The van der Waals surface area contributed by atoms with Gasteiger partial charge in [0, 0.05) is 6.20 Å². The molecular formula is C22H29ClFN4O8P. The quantitative estimate of drug-likeness (QED) is 0.288. The highest BCUT2D eigenvalue weighted by atomic mass is 35.5. The molecule has 1 aliphatic heterocycles. The number of hydrogen-bond donors (Lipinski definition) is 3. The molecule has 4 N–H and O–H groups in total. The molecular weight excluding hydrogens is 534 g/mol. The summed E-state index contributed by atoms with van der Waals surface area (Å²) < 4.78 is 51.6. The van der Waals surface area contributed by atoms with E-state index in [1.165, 1.54) is 19.1 Å². The van der Waals surface area contributed by atoms with Gasteiger partial charge < -0.3 is 24.8 Å². The van der Waals surface area contributed by atoms with E-state index in [9.17, 15) is 19.3 Å². The number of carbonyl (C=O) groups is 1. The Morgan fingerprint density at radius 2 is 2.03 bits per heavy atom. The first kappa shape index (κ1) is 29.0. The number of aromatic nitrogens is 2. The molecule has 204 valence electrons. The van der Waals surface area contributed by atoms with Gasteiger partial charge in [0.15, 0.2) is 11.9 Å². The van der Waals surface area contributed by atoms with Crippen LogP contribution in [0.2, 0.25) is 5.02 Å². The molecule has 12 nitrogen and oxygen atoms in total. The highest BCUT2D eigenvalue weighted by molar-refractivity contribution is 7.52. The van der Waals surface area contributed by atoms with E-state index in [0.29, 0.717) is 0 Å². The molecule has 15 heteroatoms. The number of rotatable bonds is 10. The molecule has 0 radical (unpaired) electrons. The predicted octanol–water partition coefficient (Wildman–Crippen LogP) is 2.60. The first-order chi connectivity index (χ1) is 17.2. The van der Waals surface area contributed by atoms with Crippen LogP contribution in [0.4, 0.5) is 10.2 Å². The molecule has 1 aliphatic rings. The van der Waals surface area contributed by atoms with Crippen LogP contribution in [0.15, 0.2) is 41.3 Å².